The van der Waals surface area contributed by atoms with Crippen LogP contribution in [-0.4, -0.2) is 56.7 Å². The largest absolute Gasteiger partial charge is 0.445 e. The number of rotatable bonds is 5. The van der Waals surface area contributed by atoms with E-state index < -0.39 is 0 Å². The zero-order chi connectivity index (χ0) is 28.6. The normalized spacial score (nSPS) is 17.2. The monoisotopic (exact) mass is 565 g/mol. The van der Waals surface area contributed by atoms with E-state index in [1.807, 2.05) is 53.2 Å². The molecular weight excluding hydrogens is 526 g/mol. The van der Waals surface area contributed by atoms with Crippen LogP contribution in [0.2, 0.25) is 0 Å². The molecule has 218 valence electrons. The summed E-state index contributed by atoms with van der Waals surface area (Å²) in [6, 6.07) is 14.8. The Kier molecular flexibility index (Phi) is 7.19. The van der Waals surface area contributed by atoms with Crippen molar-refractivity contribution in [1.29, 1.82) is 0 Å². The van der Waals surface area contributed by atoms with Crippen molar-refractivity contribution in [3.63, 3.8) is 0 Å². The van der Waals surface area contributed by atoms with E-state index in [0.717, 1.165) is 68.7 Å². The highest BCUT2D eigenvalue weighted by Crippen LogP contribution is 2.41. The predicted octanol–water partition coefficient (Wildman–Crippen LogP) is 5.30. The summed E-state index contributed by atoms with van der Waals surface area (Å²) in [5.41, 5.74) is 10.0. The summed E-state index contributed by atoms with van der Waals surface area (Å²) in [6.45, 7) is 6.65. The highest BCUT2D eigenvalue weighted by atomic mass is 16.6. The number of anilines is 2. The number of aromatic nitrogens is 4. The molecule has 0 bridgehead atoms. The summed E-state index contributed by atoms with van der Waals surface area (Å²) in [5.74, 6) is 1.09. The van der Waals surface area contributed by atoms with Gasteiger partial charge in [-0.1, -0.05) is 30.3 Å². The molecule has 9 nitrogen and oxygen atoms in total. The average Bonchev–Trinajstić information content (AvgIpc) is 3.64. The Morgan fingerprint density at radius 1 is 1.10 bits per heavy atom. The number of likely N-dealkylation sites (tertiary alicyclic amines) is 1. The molecule has 0 saturated carbocycles. The summed E-state index contributed by atoms with van der Waals surface area (Å²) in [6.07, 6.45) is 8.72. The maximum atomic E-state index is 12.8. The Morgan fingerprint density at radius 2 is 1.93 bits per heavy atom. The molecule has 3 aliphatic heterocycles. The summed E-state index contributed by atoms with van der Waals surface area (Å²) in [7, 11) is 1.97. The number of nitrogens with zero attached hydrogens (tertiary/aromatic N) is 6. The van der Waals surface area contributed by atoms with Crippen LogP contribution in [0, 0.1) is 6.92 Å². The van der Waals surface area contributed by atoms with Crippen molar-refractivity contribution in [1.82, 2.24) is 29.8 Å². The van der Waals surface area contributed by atoms with Crippen molar-refractivity contribution in [2.75, 3.05) is 31.1 Å². The van der Waals surface area contributed by atoms with Gasteiger partial charge in [-0.25, -0.2) is 4.79 Å². The van der Waals surface area contributed by atoms with Crippen LogP contribution in [-0.2, 0) is 37.8 Å². The molecule has 1 N–H and O–H groups in total. The van der Waals surface area contributed by atoms with Crippen molar-refractivity contribution in [2.24, 2.45) is 7.05 Å². The molecule has 0 aliphatic carbocycles. The van der Waals surface area contributed by atoms with Crippen molar-refractivity contribution in [3.8, 4) is 11.1 Å². The third-order valence-electron chi connectivity index (χ3n) is 9.03. The first-order valence-corrected chi connectivity index (χ1v) is 15.2. The van der Waals surface area contributed by atoms with Crippen molar-refractivity contribution in [2.45, 2.75) is 58.2 Å². The molecule has 0 unspecified atom stereocenters. The first kappa shape index (κ1) is 26.8. The number of hydrogen-bond acceptors (Lipinski definition) is 6. The Morgan fingerprint density at radius 3 is 2.71 bits per heavy atom. The van der Waals surface area contributed by atoms with Crippen LogP contribution in [0.5, 0.6) is 0 Å². The van der Waals surface area contributed by atoms with Gasteiger partial charge in [-0.05, 0) is 67.0 Å². The standard InChI is InChI=1S/C33H39N7O2/c1-23-17-31-25(18-28(23)26-19-35-37(2)21-26)9-6-14-39(31)32-29-20-34-13-10-30(29)40(36-32)27-11-15-38(16-12-27)33(41)42-22-24-7-4-3-5-8-24/h3-5,7-8,17-19,21,27,34H,6,9-16,20,22H2,1-2H3. The fourth-order valence-electron chi connectivity index (χ4n) is 6.81. The van der Waals surface area contributed by atoms with Crippen LogP contribution in [0.4, 0.5) is 16.3 Å². The van der Waals surface area contributed by atoms with Crippen LogP contribution < -0.4 is 10.2 Å². The molecule has 42 heavy (non-hydrogen) atoms. The first-order chi connectivity index (χ1) is 20.5. The molecule has 7 rings (SSSR count). The zero-order valence-corrected chi connectivity index (χ0v) is 24.6. The second kappa shape index (κ2) is 11.3. The molecule has 9 heteroatoms. The molecule has 5 heterocycles. The number of hydrogen-bond donors (Lipinski definition) is 1. The van der Waals surface area contributed by atoms with Crippen LogP contribution in [0.25, 0.3) is 11.1 Å². The fourth-order valence-corrected chi connectivity index (χ4v) is 6.81. The van der Waals surface area contributed by atoms with Gasteiger partial charge in [0.2, 0.25) is 0 Å². The van der Waals surface area contributed by atoms with Crippen LogP contribution >= 0.6 is 0 Å². The Balaban J connectivity index is 1.11. The molecule has 0 spiro atoms. The van der Waals surface area contributed by atoms with Crippen molar-refractivity contribution < 1.29 is 9.53 Å². The minimum Gasteiger partial charge on any atom is -0.445 e. The molecule has 1 saturated heterocycles. The van der Waals surface area contributed by atoms with Crippen LogP contribution in [0.3, 0.4) is 0 Å². The van der Waals surface area contributed by atoms with Crippen molar-refractivity contribution >= 4 is 17.6 Å². The summed E-state index contributed by atoms with van der Waals surface area (Å²) in [5, 5.41) is 13.3. The SMILES string of the molecule is Cc1cc2c(cc1-c1cnn(C)c1)CCCN2c1nn(C2CCN(C(=O)OCc3ccccc3)CC2)c2c1CNCC2. The van der Waals surface area contributed by atoms with E-state index in [9.17, 15) is 4.79 Å². The van der Waals surface area contributed by atoms with E-state index in [0.29, 0.717) is 19.7 Å². The molecule has 0 radical (unpaired) electrons. The van der Waals surface area contributed by atoms with Gasteiger partial charge in [0.15, 0.2) is 5.82 Å². The van der Waals surface area contributed by atoms with Crippen LogP contribution in [0.1, 0.15) is 53.3 Å². The highest BCUT2D eigenvalue weighted by molar-refractivity contribution is 5.76. The molecular formula is C33H39N7O2. The smallest absolute Gasteiger partial charge is 0.410 e. The molecule has 0 atom stereocenters. The van der Waals surface area contributed by atoms with E-state index in [-0.39, 0.29) is 12.1 Å². The number of carbonyl (C=O) groups excluding carboxylic acids is 1. The Labute approximate surface area is 247 Å². The Hall–Kier alpha value is -4.11. The molecule has 1 amide bonds. The highest BCUT2D eigenvalue weighted by Gasteiger charge is 2.32. The fraction of sp³-hybridized carbons (Fsp3) is 0.424. The lowest BCUT2D eigenvalue weighted by Crippen LogP contribution is -2.40. The predicted molar refractivity (Wildman–Crippen MR) is 163 cm³/mol. The Bertz CT molecular complexity index is 1580. The van der Waals surface area contributed by atoms with E-state index in [2.05, 4.69) is 45.3 Å². The average molecular weight is 566 g/mol. The van der Waals surface area contributed by atoms with Gasteiger partial charge in [0.25, 0.3) is 0 Å². The molecule has 1 fully saturated rings. The van der Waals surface area contributed by atoms with Gasteiger partial charge in [0.05, 0.1) is 12.2 Å². The topological polar surface area (TPSA) is 80.5 Å². The summed E-state index contributed by atoms with van der Waals surface area (Å²) < 4.78 is 9.78. The van der Waals surface area contributed by atoms with Crippen LogP contribution in [0.15, 0.2) is 54.9 Å². The van der Waals surface area contributed by atoms with Gasteiger partial charge in [0.1, 0.15) is 6.61 Å². The number of nitrogens with one attached hydrogen (secondary N) is 1. The number of amides is 1. The molecule has 2 aromatic heterocycles. The number of ether oxygens (including phenoxy) is 1. The number of benzene rings is 2. The minimum absolute atomic E-state index is 0.226. The lowest BCUT2D eigenvalue weighted by molar-refractivity contribution is 0.0819. The van der Waals surface area contributed by atoms with Gasteiger partial charge in [-0.3, -0.25) is 9.36 Å². The number of aryl methyl sites for hydroxylation is 3. The maximum absolute atomic E-state index is 12.8. The maximum Gasteiger partial charge on any atom is 0.410 e. The second-order valence-corrected chi connectivity index (χ2v) is 11.8. The van der Waals surface area contributed by atoms with E-state index in [1.165, 1.54) is 33.6 Å². The zero-order valence-electron chi connectivity index (χ0n) is 24.6. The third kappa shape index (κ3) is 5.06. The van der Waals surface area contributed by atoms with Gasteiger partial charge in [-0.15, -0.1) is 0 Å². The lowest BCUT2D eigenvalue weighted by Gasteiger charge is -2.32. The van der Waals surface area contributed by atoms with Gasteiger partial charge >= 0.3 is 6.09 Å². The van der Waals surface area contributed by atoms with Gasteiger partial charge in [-0.2, -0.15) is 10.2 Å². The molecule has 4 aromatic rings. The number of piperidine rings is 1. The molecule has 2 aromatic carbocycles. The van der Waals surface area contributed by atoms with E-state index in [4.69, 9.17) is 9.84 Å². The van der Waals surface area contributed by atoms with Crippen molar-refractivity contribution in [3.05, 3.63) is 82.8 Å². The lowest BCUT2D eigenvalue weighted by atomic mass is 9.93. The first-order valence-electron chi connectivity index (χ1n) is 15.2. The van der Waals surface area contributed by atoms with E-state index in [1.54, 1.807) is 0 Å². The van der Waals surface area contributed by atoms with E-state index >= 15 is 0 Å². The third-order valence-corrected chi connectivity index (χ3v) is 9.03. The quantitative estimate of drug-likeness (QED) is 0.354. The summed E-state index contributed by atoms with van der Waals surface area (Å²) in [4.78, 5) is 17.1. The number of carbonyl (C=O) groups is 1. The minimum atomic E-state index is -0.226. The number of fused-ring (bicyclic) bond motifs is 2. The second-order valence-electron chi connectivity index (χ2n) is 11.8. The van der Waals surface area contributed by atoms with Gasteiger partial charge < -0.3 is 19.9 Å². The summed E-state index contributed by atoms with van der Waals surface area (Å²) >= 11 is 0. The molecule has 3 aliphatic rings. The van der Waals surface area contributed by atoms with Gasteiger partial charge in [0, 0.05) is 74.9 Å².